The van der Waals surface area contributed by atoms with E-state index in [1.807, 2.05) is 0 Å². The van der Waals surface area contributed by atoms with Crippen molar-refractivity contribution in [2.24, 2.45) is 0 Å². The summed E-state index contributed by atoms with van der Waals surface area (Å²) in [6.45, 7) is 1.02. The second-order valence-electron chi connectivity index (χ2n) is 4.43. The Morgan fingerprint density at radius 2 is 1.95 bits per heavy atom. The Hall–Kier alpha value is -1.35. The summed E-state index contributed by atoms with van der Waals surface area (Å²) in [6, 6.07) is 4.50. The first-order valence-corrected chi connectivity index (χ1v) is 8.03. The predicted octanol–water partition coefficient (Wildman–Crippen LogP) is 0.0872. The minimum atomic E-state index is -3.71. The van der Waals surface area contributed by atoms with Crippen LogP contribution in [0.1, 0.15) is 0 Å². The van der Waals surface area contributed by atoms with E-state index < -0.39 is 10.0 Å². The maximum absolute atomic E-state index is 12.6. The van der Waals surface area contributed by atoms with Gasteiger partial charge in [-0.05, 0) is 12.1 Å². The second-order valence-corrected chi connectivity index (χ2v) is 6.36. The smallest absolute Gasteiger partial charge is 0.243 e. The SMILES string of the molecule is COCCN(CCO)S(=O)(=O)c1ccc2c(c1)OCCO2. The van der Waals surface area contributed by atoms with E-state index in [1.54, 1.807) is 6.07 Å². The molecule has 2 rings (SSSR count). The zero-order chi connectivity index (χ0) is 15.3. The molecule has 0 saturated heterocycles. The molecule has 0 bridgehead atoms. The van der Waals surface area contributed by atoms with Crippen molar-refractivity contribution in [2.45, 2.75) is 4.90 Å². The van der Waals surface area contributed by atoms with Crippen LogP contribution in [0.4, 0.5) is 0 Å². The summed E-state index contributed by atoms with van der Waals surface area (Å²) in [6.07, 6.45) is 0. The standard InChI is InChI=1S/C13H19NO6S/c1-18-7-5-14(4-6-15)21(16,17)11-2-3-12-13(10-11)20-9-8-19-12/h2-3,10,15H,4-9H2,1H3. The molecule has 21 heavy (non-hydrogen) atoms. The molecule has 0 fully saturated rings. The minimum absolute atomic E-state index is 0.0140. The van der Waals surface area contributed by atoms with E-state index in [1.165, 1.54) is 23.5 Å². The topological polar surface area (TPSA) is 85.3 Å². The van der Waals surface area contributed by atoms with Gasteiger partial charge in [0.15, 0.2) is 11.5 Å². The van der Waals surface area contributed by atoms with E-state index in [0.717, 1.165) is 0 Å². The van der Waals surface area contributed by atoms with Crippen LogP contribution >= 0.6 is 0 Å². The van der Waals surface area contributed by atoms with Crippen molar-refractivity contribution in [1.82, 2.24) is 4.31 Å². The number of hydrogen-bond acceptors (Lipinski definition) is 6. The van der Waals surface area contributed by atoms with Gasteiger partial charge < -0.3 is 19.3 Å². The van der Waals surface area contributed by atoms with Crippen molar-refractivity contribution < 1.29 is 27.7 Å². The lowest BCUT2D eigenvalue weighted by Crippen LogP contribution is -2.36. The molecule has 0 unspecified atom stereocenters. The van der Waals surface area contributed by atoms with Crippen LogP contribution in [0.5, 0.6) is 11.5 Å². The maximum atomic E-state index is 12.6. The Morgan fingerprint density at radius 1 is 1.24 bits per heavy atom. The van der Waals surface area contributed by atoms with Gasteiger partial charge in [-0.15, -0.1) is 0 Å². The number of ether oxygens (including phenoxy) is 3. The molecule has 0 amide bonds. The molecule has 0 aliphatic carbocycles. The Kier molecular flexibility index (Phi) is 5.40. The molecule has 1 N–H and O–H groups in total. The zero-order valence-corrected chi connectivity index (χ0v) is 12.6. The lowest BCUT2D eigenvalue weighted by atomic mass is 10.3. The average Bonchev–Trinajstić information content (AvgIpc) is 2.50. The van der Waals surface area contributed by atoms with Gasteiger partial charge >= 0.3 is 0 Å². The lowest BCUT2D eigenvalue weighted by Gasteiger charge is -2.23. The minimum Gasteiger partial charge on any atom is -0.486 e. The average molecular weight is 317 g/mol. The summed E-state index contributed by atoms with van der Waals surface area (Å²) in [5.74, 6) is 0.948. The van der Waals surface area contributed by atoms with Gasteiger partial charge in [0, 0.05) is 26.3 Å². The largest absolute Gasteiger partial charge is 0.486 e. The van der Waals surface area contributed by atoms with Crippen LogP contribution in [0.25, 0.3) is 0 Å². The molecule has 0 atom stereocenters. The normalized spacial score (nSPS) is 14.4. The Morgan fingerprint density at radius 3 is 2.62 bits per heavy atom. The van der Waals surface area contributed by atoms with Crippen LogP contribution in [0.2, 0.25) is 0 Å². The molecule has 0 radical (unpaired) electrons. The van der Waals surface area contributed by atoms with Gasteiger partial charge in [0.1, 0.15) is 13.2 Å². The number of rotatable bonds is 7. The van der Waals surface area contributed by atoms with Crippen LogP contribution in [-0.4, -0.2) is 64.5 Å². The summed E-state index contributed by atoms with van der Waals surface area (Å²) >= 11 is 0. The molecule has 8 heteroatoms. The molecule has 1 aromatic carbocycles. The number of aliphatic hydroxyl groups excluding tert-OH is 1. The highest BCUT2D eigenvalue weighted by Crippen LogP contribution is 2.33. The van der Waals surface area contributed by atoms with E-state index in [2.05, 4.69) is 0 Å². The van der Waals surface area contributed by atoms with Crippen LogP contribution in [-0.2, 0) is 14.8 Å². The first kappa shape index (κ1) is 16.0. The van der Waals surface area contributed by atoms with E-state index in [4.69, 9.17) is 19.3 Å². The van der Waals surface area contributed by atoms with Crippen LogP contribution in [0, 0.1) is 0 Å². The van der Waals surface area contributed by atoms with Crippen molar-refractivity contribution in [2.75, 3.05) is 46.6 Å². The van der Waals surface area contributed by atoms with Gasteiger partial charge in [0.2, 0.25) is 10.0 Å². The first-order valence-electron chi connectivity index (χ1n) is 6.59. The third-order valence-electron chi connectivity index (χ3n) is 3.05. The van der Waals surface area contributed by atoms with Gasteiger partial charge in [-0.1, -0.05) is 0 Å². The monoisotopic (exact) mass is 317 g/mol. The number of benzene rings is 1. The van der Waals surface area contributed by atoms with Crippen LogP contribution in [0.15, 0.2) is 23.1 Å². The fourth-order valence-corrected chi connectivity index (χ4v) is 3.42. The highest BCUT2D eigenvalue weighted by atomic mass is 32.2. The number of sulfonamides is 1. The number of hydrogen-bond donors (Lipinski definition) is 1. The molecule has 1 aliphatic rings. The summed E-state index contributed by atoms with van der Waals surface area (Å²) in [5.41, 5.74) is 0. The molecule has 7 nitrogen and oxygen atoms in total. The number of aliphatic hydroxyl groups is 1. The molecular formula is C13H19NO6S. The van der Waals surface area contributed by atoms with Crippen LogP contribution < -0.4 is 9.47 Å². The van der Waals surface area contributed by atoms with E-state index >= 15 is 0 Å². The predicted molar refractivity (Wildman–Crippen MR) is 75.2 cm³/mol. The Bertz CT molecular complexity index is 574. The number of methoxy groups -OCH3 is 1. The van der Waals surface area contributed by atoms with Gasteiger partial charge in [-0.3, -0.25) is 0 Å². The van der Waals surface area contributed by atoms with Crippen molar-refractivity contribution in [3.63, 3.8) is 0 Å². The highest BCUT2D eigenvalue weighted by Gasteiger charge is 2.25. The van der Waals surface area contributed by atoms with Crippen LogP contribution in [0.3, 0.4) is 0 Å². The fourth-order valence-electron chi connectivity index (χ4n) is 1.99. The third kappa shape index (κ3) is 3.65. The zero-order valence-electron chi connectivity index (χ0n) is 11.8. The summed E-state index contributed by atoms with van der Waals surface area (Å²) in [5, 5.41) is 9.05. The summed E-state index contributed by atoms with van der Waals surface area (Å²) in [4.78, 5) is 0.108. The first-order chi connectivity index (χ1) is 10.1. The Labute approximate surface area is 124 Å². The quantitative estimate of drug-likeness (QED) is 0.767. The van der Waals surface area contributed by atoms with Gasteiger partial charge in [0.05, 0.1) is 18.1 Å². The molecule has 0 spiro atoms. The van der Waals surface area contributed by atoms with Gasteiger partial charge in [-0.25, -0.2) is 8.42 Å². The van der Waals surface area contributed by atoms with E-state index in [0.29, 0.717) is 24.7 Å². The molecule has 1 aromatic rings. The van der Waals surface area contributed by atoms with Crippen molar-refractivity contribution in [1.29, 1.82) is 0 Å². The maximum Gasteiger partial charge on any atom is 0.243 e. The van der Waals surface area contributed by atoms with Crippen molar-refractivity contribution in [3.05, 3.63) is 18.2 Å². The summed E-state index contributed by atoms with van der Waals surface area (Å²) < 4.78 is 42.0. The van der Waals surface area contributed by atoms with Gasteiger partial charge in [-0.2, -0.15) is 4.31 Å². The molecule has 1 aliphatic heterocycles. The fraction of sp³-hybridized carbons (Fsp3) is 0.538. The molecule has 1 heterocycles. The molecule has 0 aromatic heterocycles. The van der Waals surface area contributed by atoms with Crippen molar-refractivity contribution in [3.8, 4) is 11.5 Å². The highest BCUT2D eigenvalue weighted by molar-refractivity contribution is 7.89. The van der Waals surface area contributed by atoms with Gasteiger partial charge in [0.25, 0.3) is 0 Å². The Balaban J connectivity index is 2.28. The van der Waals surface area contributed by atoms with E-state index in [9.17, 15) is 8.42 Å². The molecular weight excluding hydrogens is 298 g/mol. The lowest BCUT2D eigenvalue weighted by molar-refractivity contribution is 0.168. The summed E-state index contributed by atoms with van der Waals surface area (Å²) in [7, 11) is -2.22. The third-order valence-corrected chi connectivity index (χ3v) is 4.94. The molecule has 118 valence electrons. The van der Waals surface area contributed by atoms with Crippen molar-refractivity contribution >= 4 is 10.0 Å². The van der Waals surface area contributed by atoms with E-state index in [-0.39, 0.29) is 31.2 Å². The second kappa shape index (κ2) is 7.08. The number of nitrogens with zero attached hydrogens (tertiary/aromatic N) is 1. The number of fused-ring (bicyclic) bond motifs is 1. The molecule has 0 saturated carbocycles.